The maximum Gasteiger partial charge on any atom is 0.315 e. The Morgan fingerprint density at radius 2 is 2.30 bits per heavy atom. The van der Waals surface area contributed by atoms with Gasteiger partial charge in [-0.15, -0.1) is 0 Å². The Labute approximate surface area is 118 Å². The molecule has 1 atom stereocenters. The zero-order valence-electron chi connectivity index (χ0n) is 11.9. The summed E-state index contributed by atoms with van der Waals surface area (Å²) < 4.78 is 0. The fourth-order valence-corrected chi connectivity index (χ4v) is 2.74. The van der Waals surface area contributed by atoms with Crippen molar-refractivity contribution in [2.45, 2.75) is 32.3 Å². The van der Waals surface area contributed by atoms with Crippen LogP contribution in [-0.4, -0.2) is 35.3 Å². The molecule has 0 amide bonds. The number of hydrogen-bond acceptors (Lipinski definition) is 5. The van der Waals surface area contributed by atoms with Crippen LogP contribution in [0.4, 0.5) is 17.1 Å². The number of rotatable bonds is 4. The highest BCUT2D eigenvalue weighted by molar-refractivity contribution is 5.77. The van der Waals surface area contributed by atoms with Crippen LogP contribution in [0.15, 0.2) is 18.2 Å². The first-order chi connectivity index (χ1) is 9.44. The van der Waals surface area contributed by atoms with Crippen molar-refractivity contribution in [3.8, 4) is 0 Å². The lowest BCUT2D eigenvalue weighted by atomic mass is 9.94. The summed E-state index contributed by atoms with van der Waals surface area (Å²) in [5.74, 6) is 0. The lowest BCUT2D eigenvalue weighted by molar-refractivity contribution is -0.383. The number of β-amino-alcohol motifs (C(OH)–C–C–N with tert-alkyl or cyclic N) is 1. The molecule has 1 fully saturated rings. The topological polar surface area (TPSA) is 78.6 Å². The first-order valence-electron chi connectivity index (χ1n) is 6.93. The normalized spacial score (nSPS) is 22.6. The average Bonchev–Trinajstić information content (AvgIpc) is 2.37. The van der Waals surface area contributed by atoms with E-state index in [1.807, 2.05) is 17.9 Å². The second-order valence-corrected chi connectivity index (χ2v) is 5.48. The van der Waals surface area contributed by atoms with E-state index >= 15 is 0 Å². The molecule has 1 unspecified atom stereocenters. The molecule has 2 rings (SSSR count). The minimum absolute atomic E-state index is 0.0899. The third-order valence-corrected chi connectivity index (χ3v) is 3.58. The minimum Gasteiger partial charge on any atom is -0.388 e. The molecule has 0 spiro atoms. The highest BCUT2D eigenvalue weighted by Gasteiger charge is 2.32. The lowest BCUT2D eigenvalue weighted by Gasteiger charge is -2.38. The lowest BCUT2D eigenvalue weighted by Crippen LogP contribution is -2.46. The average molecular weight is 279 g/mol. The SMILES string of the molecule is CCNc1cccc(N2CCCC(C)(O)C2)c1[N+](=O)[O-]. The van der Waals surface area contributed by atoms with Crippen molar-refractivity contribution in [1.29, 1.82) is 0 Å². The predicted molar refractivity (Wildman–Crippen MR) is 79.3 cm³/mol. The third kappa shape index (κ3) is 3.01. The molecule has 1 saturated heterocycles. The number of aliphatic hydroxyl groups is 1. The van der Waals surface area contributed by atoms with Crippen molar-refractivity contribution >= 4 is 17.1 Å². The minimum atomic E-state index is -0.791. The first kappa shape index (κ1) is 14.6. The number of nitrogens with zero attached hydrogens (tertiary/aromatic N) is 2. The number of piperidine rings is 1. The van der Waals surface area contributed by atoms with Crippen LogP contribution in [0.2, 0.25) is 0 Å². The number of nitrogens with one attached hydrogen (secondary N) is 1. The van der Waals surface area contributed by atoms with Gasteiger partial charge in [0.1, 0.15) is 11.4 Å². The van der Waals surface area contributed by atoms with E-state index in [1.54, 1.807) is 19.1 Å². The van der Waals surface area contributed by atoms with Gasteiger partial charge in [0.25, 0.3) is 0 Å². The van der Waals surface area contributed by atoms with E-state index in [4.69, 9.17) is 0 Å². The number of nitro benzene ring substituents is 1. The zero-order valence-corrected chi connectivity index (χ0v) is 11.9. The molecule has 1 aliphatic heterocycles. The molecule has 110 valence electrons. The second kappa shape index (κ2) is 5.66. The van der Waals surface area contributed by atoms with Crippen molar-refractivity contribution in [3.63, 3.8) is 0 Å². The van der Waals surface area contributed by atoms with Crippen LogP contribution in [0.1, 0.15) is 26.7 Å². The predicted octanol–water partition coefficient (Wildman–Crippen LogP) is 2.38. The van der Waals surface area contributed by atoms with Gasteiger partial charge in [0.15, 0.2) is 0 Å². The molecule has 0 aromatic heterocycles. The summed E-state index contributed by atoms with van der Waals surface area (Å²) in [5, 5.41) is 24.6. The van der Waals surface area contributed by atoms with E-state index in [1.165, 1.54) is 0 Å². The number of hydrogen-bond donors (Lipinski definition) is 2. The Bertz CT molecular complexity index is 502. The third-order valence-electron chi connectivity index (χ3n) is 3.58. The van der Waals surface area contributed by atoms with Gasteiger partial charge in [-0.2, -0.15) is 0 Å². The highest BCUT2D eigenvalue weighted by atomic mass is 16.6. The zero-order chi connectivity index (χ0) is 14.8. The standard InChI is InChI=1S/C14H21N3O3/c1-3-15-11-6-4-7-12(13(11)17(19)20)16-9-5-8-14(2,18)10-16/h4,6-7,15,18H,3,5,8-10H2,1-2H3. The summed E-state index contributed by atoms with van der Waals surface area (Å²) in [5.41, 5.74) is 0.404. The molecule has 20 heavy (non-hydrogen) atoms. The van der Waals surface area contributed by atoms with Crippen molar-refractivity contribution in [2.75, 3.05) is 29.9 Å². The summed E-state index contributed by atoms with van der Waals surface area (Å²) in [6.07, 6.45) is 1.56. The smallest absolute Gasteiger partial charge is 0.315 e. The van der Waals surface area contributed by atoms with Crippen LogP contribution in [0.3, 0.4) is 0 Å². The van der Waals surface area contributed by atoms with E-state index in [9.17, 15) is 15.2 Å². The molecule has 1 aliphatic rings. The van der Waals surface area contributed by atoms with Gasteiger partial charge in [-0.3, -0.25) is 10.1 Å². The maximum absolute atomic E-state index is 11.4. The monoisotopic (exact) mass is 279 g/mol. The molecular weight excluding hydrogens is 258 g/mol. The van der Waals surface area contributed by atoms with Crippen LogP contribution in [0, 0.1) is 10.1 Å². The van der Waals surface area contributed by atoms with Crippen molar-refractivity contribution in [3.05, 3.63) is 28.3 Å². The highest BCUT2D eigenvalue weighted by Crippen LogP contribution is 2.37. The molecule has 1 aromatic carbocycles. The molecule has 0 saturated carbocycles. The molecule has 1 aromatic rings. The first-order valence-corrected chi connectivity index (χ1v) is 6.93. The number of para-hydroxylation sites is 1. The Morgan fingerprint density at radius 1 is 1.55 bits per heavy atom. The van der Waals surface area contributed by atoms with E-state index in [2.05, 4.69) is 5.32 Å². The van der Waals surface area contributed by atoms with Gasteiger partial charge >= 0.3 is 5.69 Å². The Balaban J connectivity index is 2.40. The van der Waals surface area contributed by atoms with Crippen molar-refractivity contribution in [1.82, 2.24) is 0 Å². The summed E-state index contributed by atoms with van der Waals surface area (Å²) in [7, 11) is 0. The van der Waals surface area contributed by atoms with Gasteiger partial charge in [-0.1, -0.05) is 6.07 Å². The van der Waals surface area contributed by atoms with Gasteiger partial charge in [-0.25, -0.2) is 0 Å². The van der Waals surface area contributed by atoms with Gasteiger partial charge < -0.3 is 15.3 Å². The molecule has 1 heterocycles. The van der Waals surface area contributed by atoms with E-state index in [-0.39, 0.29) is 10.6 Å². The van der Waals surface area contributed by atoms with E-state index in [0.29, 0.717) is 24.5 Å². The molecule has 6 nitrogen and oxygen atoms in total. The van der Waals surface area contributed by atoms with Crippen molar-refractivity contribution in [2.24, 2.45) is 0 Å². The van der Waals surface area contributed by atoms with Crippen LogP contribution < -0.4 is 10.2 Å². The van der Waals surface area contributed by atoms with E-state index < -0.39 is 5.60 Å². The fraction of sp³-hybridized carbons (Fsp3) is 0.571. The van der Waals surface area contributed by atoms with Crippen LogP contribution in [-0.2, 0) is 0 Å². The Morgan fingerprint density at radius 3 is 2.90 bits per heavy atom. The quantitative estimate of drug-likeness (QED) is 0.653. The van der Waals surface area contributed by atoms with Gasteiger partial charge in [0.2, 0.25) is 0 Å². The van der Waals surface area contributed by atoms with Crippen LogP contribution in [0.5, 0.6) is 0 Å². The molecule has 0 radical (unpaired) electrons. The van der Waals surface area contributed by atoms with Crippen LogP contribution >= 0.6 is 0 Å². The summed E-state index contributed by atoms with van der Waals surface area (Å²) in [4.78, 5) is 13.0. The summed E-state index contributed by atoms with van der Waals surface area (Å²) in [6, 6.07) is 5.28. The maximum atomic E-state index is 11.4. The van der Waals surface area contributed by atoms with E-state index in [0.717, 1.165) is 19.4 Å². The number of nitro groups is 1. The molecule has 6 heteroatoms. The van der Waals surface area contributed by atoms with Gasteiger partial charge in [0.05, 0.1) is 10.5 Å². The van der Waals surface area contributed by atoms with Gasteiger partial charge in [-0.05, 0) is 38.8 Å². The fourth-order valence-electron chi connectivity index (χ4n) is 2.74. The summed E-state index contributed by atoms with van der Waals surface area (Å²) >= 11 is 0. The molecule has 0 bridgehead atoms. The molecule has 0 aliphatic carbocycles. The Hall–Kier alpha value is -1.82. The van der Waals surface area contributed by atoms with Crippen molar-refractivity contribution < 1.29 is 10.0 Å². The summed E-state index contributed by atoms with van der Waals surface area (Å²) in [6.45, 7) is 5.46. The largest absolute Gasteiger partial charge is 0.388 e. The number of benzene rings is 1. The Kier molecular flexibility index (Phi) is 4.13. The molecule has 2 N–H and O–H groups in total. The molecular formula is C14H21N3O3. The number of anilines is 2. The van der Waals surface area contributed by atoms with Crippen LogP contribution in [0.25, 0.3) is 0 Å². The van der Waals surface area contributed by atoms with Gasteiger partial charge in [0, 0.05) is 19.6 Å². The second-order valence-electron chi connectivity index (χ2n) is 5.48.